The van der Waals surface area contributed by atoms with Crippen molar-refractivity contribution in [2.45, 2.75) is 51.9 Å². The molecule has 2 aliphatic rings. The van der Waals surface area contributed by atoms with E-state index in [1.807, 2.05) is 6.92 Å². The molecule has 0 bridgehead atoms. The summed E-state index contributed by atoms with van der Waals surface area (Å²) in [6.45, 7) is 5.38. The Morgan fingerprint density at radius 2 is 2.00 bits per heavy atom. The summed E-state index contributed by atoms with van der Waals surface area (Å²) in [5, 5.41) is 3.52. The number of hydrogen-bond donors (Lipinski definition) is 2. The lowest BCUT2D eigenvalue weighted by Gasteiger charge is -2.18. The van der Waals surface area contributed by atoms with Crippen LogP contribution >= 0.6 is 0 Å². The van der Waals surface area contributed by atoms with Gasteiger partial charge in [-0.15, -0.1) is 0 Å². The lowest BCUT2D eigenvalue weighted by Crippen LogP contribution is -2.18. The average Bonchev–Trinajstić information content (AvgIpc) is 3.15. The third-order valence-corrected chi connectivity index (χ3v) is 4.71. The highest BCUT2D eigenvalue weighted by molar-refractivity contribution is 5.55. The first-order valence-electron chi connectivity index (χ1n) is 7.53. The van der Waals surface area contributed by atoms with Crippen LogP contribution in [0.5, 0.6) is 0 Å². The van der Waals surface area contributed by atoms with Crippen molar-refractivity contribution in [1.82, 2.24) is 9.97 Å². The molecule has 0 saturated heterocycles. The van der Waals surface area contributed by atoms with E-state index in [0.29, 0.717) is 11.7 Å². The van der Waals surface area contributed by atoms with Crippen LogP contribution in [0.2, 0.25) is 0 Å². The zero-order valence-corrected chi connectivity index (χ0v) is 11.9. The monoisotopic (exact) mass is 260 g/mol. The maximum Gasteiger partial charge on any atom is 0.136 e. The van der Waals surface area contributed by atoms with Crippen LogP contribution in [0.1, 0.15) is 56.3 Å². The topological polar surface area (TPSA) is 63.8 Å². The molecule has 2 atom stereocenters. The van der Waals surface area contributed by atoms with Crippen molar-refractivity contribution in [3.63, 3.8) is 0 Å². The predicted molar refractivity (Wildman–Crippen MR) is 78.2 cm³/mol. The van der Waals surface area contributed by atoms with E-state index in [-0.39, 0.29) is 0 Å². The third-order valence-electron chi connectivity index (χ3n) is 4.71. The minimum atomic E-state index is 0.550. The maximum absolute atomic E-state index is 6.01. The van der Waals surface area contributed by atoms with Crippen molar-refractivity contribution >= 4 is 11.6 Å². The van der Waals surface area contributed by atoms with Crippen LogP contribution < -0.4 is 11.1 Å². The Morgan fingerprint density at radius 3 is 2.63 bits per heavy atom. The van der Waals surface area contributed by atoms with Gasteiger partial charge in [0.15, 0.2) is 0 Å². The SMILES string of the molecule is Cc1c(N)nc(C2CC2)nc1NCC1CCCC1C. The van der Waals surface area contributed by atoms with Crippen LogP contribution in [0, 0.1) is 18.8 Å². The first kappa shape index (κ1) is 12.7. The second kappa shape index (κ2) is 4.99. The van der Waals surface area contributed by atoms with Crippen LogP contribution in [0.15, 0.2) is 0 Å². The van der Waals surface area contributed by atoms with E-state index in [1.54, 1.807) is 0 Å². The third kappa shape index (κ3) is 2.67. The highest BCUT2D eigenvalue weighted by atomic mass is 15.1. The van der Waals surface area contributed by atoms with Crippen molar-refractivity contribution in [2.24, 2.45) is 11.8 Å². The van der Waals surface area contributed by atoms with Gasteiger partial charge in [-0.1, -0.05) is 19.8 Å². The van der Waals surface area contributed by atoms with E-state index in [2.05, 4.69) is 22.2 Å². The molecule has 0 aliphatic heterocycles. The average molecular weight is 260 g/mol. The van der Waals surface area contributed by atoms with Crippen molar-refractivity contribution in [1.29, 1.82) is 0 Å². The van der Waals surface area contributed by atoms with Crippen molar-refractivity contribution in [2.75, 3.05) is 17.6 Å². The Hall–Kier alpha value is -1.32. The van der Waals surface area contributed by atoms with Gasteiger partial charge in [0.1, 0.15) is 17.5 Å². The largest absolute Gasteiger partial charge is 0.383 e. The molecule has 0 radical (unpaired) electrons. The number of nitrogens with zero attached hydrogens (tertiary/aromatic N) is 2. The predicted octanol–water partition coefficient (Wildman–Crippen LogP) is 3.09. The molecule has 1 aromatic rings. The molecular weight excluding hydrogens is 236 g/mol. The second-order valence-corrected chi connectivity index (χ2v) is 6.26. The standard InChI is InChI=1S/C15H24N4/c1-9-4-3-5-12(9)8-17-14-10(2)13(16)18-15(19-14)11-6-7-11/h9,11-12H,3-8H2,1-2H3,(H3,16,17,18,19). The minimum Gasteiger partial charge on any atom is -0.383 e. The van der Waals surface area contributed by atoms with Crippen molar-refractivity contribution in [3.05, 3.63) is 11.4 Å². The summed E-state index contributed by atoms with van der Waals surface area (Å²) in [4.78, 5) is 9.10. The Morgan fingerprint density at radius 1 is 1.21 bits per heavy atom. The highest BCUT2D eigenvalue weighted by Crippen LogP contribution is 2.39. The van der Waals surface area contributed by atoms with Gasteiger partial charge in [0.25, 0.3) is 0 Å². The molecule has 2 fully saturated rings. The summed E-state index contributed by atoms with van der Waals surface area (Å²) in [5.41, 5.74) is 7.00. The lowest BCUT2D eigenvalue weighted by molar-refractivity contribution is 0.439. The molecular formula is C15H24N4. The molecule has 104 valence electrons. The lowest BCUT2D eigenvalue weighted by atomic mass is 9.98. The molecule has 2 unspecified atom stereocenters. The Kier molecular flexibility index (Phi) is 3.33. The molecule has 3 N–H and O–H groups in total. The van der Waals surface area contributed by atoms with Crippen molar-refractivity contribution in [3.8, 4) is 0 Å². The second-order valence-electron chi connectivity index (χ2n) is 6.26. The summed E-state index contributed by atoms with van der Waals surface area (Å²) in [7, 11) is 0. The normalized spacial score (nSPS) is 26.6. The number of nitrogens with one attached hydrogen (secondary N) is 1. The zero-order valence-electron chi connectivity index (χ0n) is 11.9. The summed E-state index contributed by atoms with van der Waals surface area (Å²) in [6, 6.07) is 0. The first-order chi connectivity index (χ1) is 9.15. The fourth-order valence-electron chi connectivity index (χ4n) is 3.00. The molecule has 19 heavy (non-hydrogen) atoms. The molecule has 2 aliphatic carbocycles. The summed E-state index contributed by atoms with van der Waals surface area (Å²) < 4.78 is 0. The molecule has 0 amide bonds. The molecule has 0 aromatic carbocycles. The van der Waals surface area contributed by atoms with Gasteiger partial charge in [-0.2, -0.15) is 0 Å². The fourth-order valence-corrected chi connectivity index (χ4v) is 3.00. The number of rotatable bonds is 4. The van der Waals surface area contributed by atoms with Gasteiger partial charge in [-0.05, 0) is 38.0 Å². The van der Waals surface area contributed by atoms with E-state index in [9.17, 15) is 0 Å². The number of nitrogens with two attached hydrogens (primary N) is 1. The van der Waals surface area contributed by atoms with Crippen LogP contribution in [0.3, 0.4) is 0 Å². The first-order valence-corrected chi connectivity index (χ1v) is 7.53. The number of aromatic nitrogens is 2. The Labute approximate surface area is 115 Å². The number of hydrogen-bond acceptors (Lipinski definition) is 4. The van der Waals surface area contributed by atoms with E-state index in [1.165, 1.54) is 32.1 Å². The smallest absolute Gasteiger partial charge is 0.136 e. The molecule has 1 heterocycles. The van der Waals surface area contributed by atoms with Gasteiger partial charge in [-0.25, -0.2) is 9.97 Å². The zero-order chi connectivity index (χ0) is 13.4. The van der Waals surface area contributed by atoms with Gasteiger partial charge in [0.05, 0.1) is 0 Å². The Bertz CT molecular complexity index is 467. The van der Waals surface area contributed by atoms with Crippen LogP contribution in [0.4, 0.5) is 11.6 Å². The van der Waals surface area contributed by atoms with Crippen LogP contribution in [0.25, 0.3) is 0 Å². The van der Waals surface area contributed by atoms with Crippen LogP contribution in [-0.2, 0) is 0 Å². The highest BCUT2D eigenvalue weighted by Gasteiger charge is 2.28. The van der Waals surface area contributed by atoms with Gasteiger partial charge in [0, 0.05) is 18.0 Å². The van der Waals surface area contributed by atoms with E-state index in [0.717, 1.165) is 35.6 Å². The van der Waals surface area contributed by atoms with E-state index < -0.39 is 0 Å². The molecule has 3 rings (SSSR count). The fraction of sp³-hybridized carbons (Fsp3) is 0.733. The number of anilines is 2. The quantitative estimate of drug-likeness (QED) is 0.873. The molecule has 4 heteroatoms. The number of nitrogen functional groups attached to an aromatic ring is 1. The van der Waals surface area contributed by atoms with E-state index >= 15 is 0 Å². The van der Waals surface area contributed by atoms with Gasteiger partial charge >= 0.3 is 0 Å². The van der Waals surface area contributed by atoms with Gasteiger partial charge < -0.3 is 11.1 Å². The summed E-state index contributed by atoms with van der Waals surface area (Å²) >= 11 is 0. The van der Waals surface area contributed by atoms with Crippen LogP contribution in [-0.4, -0.2) is 16.5 Å². The van der Waals surface area contributed by atoms with Gasteiger partial charge in [-0.3, -0.25) is 0 Å². The molecule has 0 spiro atoms. The van der Waals surface area contributed by atoms with Crippen molar-refractivity contribution < 1.29 is 0 Å². The molecule has 1 aromatic heterocycles. The summed E-state index contributed by atoms with van der Waals surface area (Å²) in [6.07, 6.45) is 6.49. The minimum absolute atomic E-state index is 0.550. The van der Waals surface area contributed by atoms with E-state index in [4.69, 9.17) is 5.73 Å². The molecule has 4 nitrogen and oxygen atoms in total. The maximum atomic E-state index is 6.01. The van der Waals surface area contributed by atoms with Gasteiger partial charge in [0.2, 0.25) is 0 Å². The Balaban J connectivity index is 1.72. The summed E-state index contributed by atoms with van der Waals surface area (Å²) in [5.74, 6) is 4.68. The molecule has 2 saturated carbocycles.